The molecule has 1 aliphatic carbocycles. The molecule has 1 aromatic rings. The highest BCUT2D eigenvalue weighted by Gasteiger charge is 2.52. The zero-order valence-electron chi connectivity index (χ0n) is 10.8. The van der Waals surface area contributed by atoms with Crippen LogP contribution < -0.4 is 0 Å². The molecule has 0 spiro atoms. The van der Waals surface area contributed by atoms with Gasteiger partial charge in [0.2, 0.25) is 0 Å². The molecule has 100 valence electrons. The van der Waals surface area contributed by atoms with Gasteiger partial charge in [0.05, 0.1) is 5.56 Å². The Hall–Kier alpha value is -0.990. The molecule has 0 aliphatic heterocycles. The molecule has 0 amide bonds. The molecule has 1 aromatic carbocycles. The summed E-state index contributed by atoms with van der Waals surface area (Å²) in [7, 11) is 0. The van der Waals surface area contributed by atoms with Crippen molar-refractivity contribution in [1.29, 1.82) is 0 Å². The third kappa shape index (κ3) is 2.40. The molecule has 0 nitrogen and oxygen atoms in total. The van der Waals surface area contributed by atoms with Crippen LogP contribution in [0.15, 0.2) is 24.3 Å². The van der Waals surface area contributed by atoms with Crippen LogP contribution >= 0.6 is 0 Å². The lowest BCUT2D eigenvalue weighted by molar-refractivity contribution is -0.137. The molecule has 0 heterocycles. The SMILES string of the molecule is CCC[C@@]1(CC)CC1c1ccc(C(F)(F)F)cc1. The monoisotopic (exact) mass is 256 g/mol. The summed E-state index contributed by atoms with van der Waals surface area (Å²) >= 11 is 0. The Morgan fingerprint density at radius 3 is 2.22 bits per heavy atom. The van der Waals surface area contributed by atoms with Crippen molar-refractivity contribution in [2.45, 2.75) is 51.6 Å². The first-order chi connectivity index (χ1) is 8.43. The van der Waals surface area contributed by atoms with Crippen LogP contribution in [0.5, 0.6) is 0 Å². The molecule has 2 atom stereocenters. The minimum atomic E-state index is -4.23. The van der Waals surface area contributed by atoms with Crippen molar-refractivity contribution in [3.05, 3.63) is 35.4 Å². The Morgan fingerprint density at radius 1 is 1.17 bits per heavy atom. The lowest BCUT2D eigenvalue weighted by atomic mass is 9.91. The zero-order valence-corrected chi connectivity index (χ0v) is 10.8. The van der Waals surface area contributed by atoms with Crippen molar-refractivity contribution in [3.63, 3.8) is 0 Å². The normalized spacial score (nSPS) is 27.3. The second-order valence-electron chi connectivity index (χ2n) is 5.34. The summed E-state index contributed by atoms with van der Waals surface area (Å²) in [5.74, 6) is 0.463. The molecule has 1 aliphatic rings. The van der Waals surface area contributed by atoms with Crippen molar-refractivity contribution >= 4 is 0 Å². The number of rotatable bonds is 4. The van der Waals surface area contributed by atoms with Gasteiger partial charge in [-0.05, 0) is 48.3 Å². The minimum absolute atomic E-state index is 0.356. The fourth-order valence-electron chi connectivity index (χ4n) is 3.07. The van der Waals surface area contributed by atoms with E-state index in [1.165, 1.54) is 18.6 Å². The average molecular weight is 256 g/mol. The molecule has 0 aromatic heterocycles. The fraction of sp³-hybridized carbons (Fsp3) is 0.600. The van der Waals surface area contributed by atoms with Gasteiger partial charge in [0, 0.05) is 0 Å². The second-order valence-corrected chi connectivity index (χ2v) is 5.34. The van der Waals surface area contributed by atoms with Crippen molar-refractivity contribution in [2.75, 3.05) is 0 Å². The first kappa shape index (κ1) is 13.4. The maximum atomic E-state index is 12.5. The van der Waals surface area contributed by atoms with E-state index in [0.717, 1.165) is 24.8 Å². The molecule has 18 heavy (non-hydrogen) atoms. The van der Waals surface area contributed by atoms with Gasteiger partial charge in [-0.1, -0.05) is 32.4 Å². The Labute approximate surface area is 106 Å². The van der Waals surface area contributed by atoms with Gasteiger partial charge in [-0.3, -0.25) is 0 Å². The van der Waals surface area contributed by atoms with Crippen LogP contribution in [0.3, 0.4) is 0 Å². The van der Waals surface area contributed by atoms with Crippen molar-refractivity contribution < 1.29 is 13.2 Å². The molecule has 3 heteroatoms. The lowest BCUT2D eigenvalue weighted by Gasteiger charge is -2.14. The summed E-state index contributed by atoms with van der Waals surface area (Å²) in [6.45, 7) is 4.35. The average Bonchev–Trinajstić information content (AvgIpc) is 3.04. The summed E-state index contributed by atoms with van der Waals surface area (Å²) in [4.78, 5) is 0. The van der Waals surface area contributed by atoms with Crippen LogP contribution in [-0.2, 0) is 6.18 Å². The first-order valence-electron chi connectivity index (χ1n) is 6.60. The van der Waals surface area contributed by atoms with E-state index in [-0.39, 0.29) is 0 Å². The van der Waals surface area contributed by atoms with Crippen molar-refractivity contribution in [2.24, 2.45) is 5.41 Å². The van der Waals surface area contributed by atoms with Crippen LogP contribution in [0, 0.1) is 5.41 Å². The van der Waals surface area contributed by atoms with Gasteiger partial charge in [-0.15, -0.1) is 0 Å². The molecule has 1 unspecified atom stereocenters. The molecule has 0 N–H and O–H groups in total. The smallest absolute Gasteiger partial charge is 0.166 e. The topological polar surface area (TPSA) is 0 Å². The molecule has 1 fully saturated rings. The standard InChI is InChI=1S/C15H19F3/c1-3-9-14(4-2)10-13(14)11-5-7-12(8-6-11)15(16,17)18/h5-8,13H,3-4,9-10H2,1-2H3/t13?,14-/m0/s1. The number of alkyl halides is 3. The summed E-state index contributed by atoms with van der Waals surface area (Å²) in [6.07, 6.45) is 0.336. The van der Waals surface area contributed by atoms with Crippen molar-refractivity contribution in [3.8, 4) is 0 Å². The van der Waals surface area contributed by atoms with E-state index in [1.807, 2.05) is 0 Å². The van der Waals surface area contributed by atoms with Gasteiger partial charge < -0.3 is 0 Å². The van der Waals surface area contributed by atoms with E-state index in [4.69, 9.17) is 0 Å². The third-order valence-electron chi connectivity index (χ3n) is 4.28. The highest BCUT2D eigenvalue weighted by Crippen LogP contribution is 2.64. The quantitative estimate of drug-likeness (QED) is 0.677. The van der Waals surface area contributed by atoms with Gasteiger partial charge in [-0.2, -0.15) is 13.2 Å². The largest absolute Gasteiger partial charge is 0.416 e. The van der Waals surface area contributed by atoms with Gasteiger partial charge in [0.1, 0.15) is 0 Å². The molecule has 0 saturated heterocycles. The van der Waals surface area contributed by atoms with E-state index in [2.05, 4.69) is 13.8 Å². The summed E-state index contributed by atoms with van der Waals surface area (Å²) in [6, 6.07) is 5.72. The number of hydrogen-bond acceptors (Lipinski definition) is 0. The molecular formula is C15H19F3. The third-order valence-corrected chi connectivity index (χ3v) is 4.28. The lowest BCUT2D eigenvalue weighted by Crippen LogP contribution is -2.05. The Balaban J connectivity index is 2.13. The van der Waals surface area contributed by atoms with Crippen LogP contribution in [0.25, 0.3) is 0 Å². The Kier molecular flexibility index (Phi) is 3.43. The van der Waals surface area contributed by atoms with Gasteiger partial charge in [0.25, 0.3) is 0 Å². The summed E-state index contributed by atoms with van der Waals surface area (Å²) in [5.41, 5.74) is 0.872. The molecular weight excluding hydrogens is 237 g/mol. The highest BCUT2D eigenvalue weighted by atomic mass is 19.4. The molecule has 1 saturated carbocycles. The van der Waals surface area contributed by atoms with E-state index >= 15 is 0 Å². The summed E-state index contributed by atoms with van der Waals surface area (Å²) < 4.78 is 37.4. The summed E-state index contributed by atoms with van der Waals surface area (Å²) in [5, 5.41) is 0. The molecule has 0 radical (unpaired) electrons. The van der Waals surface area contributed by atoms with Crippen LogP contribution in [0.1, 0.15) is 56.6 Å². The van der Waals surface area contributed by atoms with Crippen LogP contribution in [-0.4, -0.2) is 0 Å². The van der Waals surface area contributed by atoms with Crippen LogP contribution in [0.2, 0.25) is 0 Å². The predicted octanol–water partition coefficient (Wildman–Crippen LogP) is 5.39. The Morgan fingerprint density at radius 2 is 1.78 bits per heavy atom. The highest BCUT2D eigenvalue weighted by molar-refractivity contribution is 5.33. The van der Waals surface area contributed by atoms with E-state index in [9.17, 15) is 13.2 Å². The van der Waals surface area contributed by atoms with E-state index < -0.39 is 11.7 Å². The number of hydrogen-bond donors (Lipinski definition) is 0. The molecule has 2 rings (SSSR count). The maximum Gasteiger partial charge on any atom is 0.416 e. The fourth-order valence-corrected chi connectivity index (χ4v) is 3.07. The zero-order chi connectivity index (χ0) is 13.4. The Bertz CT molecular complexity index is 405. The number of benzene rings is 1. The van der Waals surface area contributed by atoms with Gasteiger partial charge >= 0.3 is 6.18 Å². The van der Waals surface area contributed by atoms with E-state index in [0.29, 0.717) is 11.3 Å². The van der Waals surface area contributed by atoms with Gasteiger partial charge in [0.15, 0.2) is 0 Å². The first-order valence-corrected chi connectivity index (χ1v) is 6.60. The van der Waals surface area contributed by atoms with Crippen LogP contribution in [0.4, 0.5) is 13.2 Å². The second kappa shape index (κ2) is 4.60. The minimum Gasteiger partial charge on any atom is -0.166 e. The van der Waals surface area contributed by atoms with E-state index in [1.54, 1.807) is 12.1 Å². The predicted molar refractivity (Wildman–Crippen MR) is 66.4 cm³/mol. The van der Waals surface area contributed by atoms with Gasteiger partial charge in [-0.25, -0.2) is 0 Å². The molecule has 0 bridgehead atoms. The van der Waals surface area contributed by atoms with Crippen molar-refractivity contribution in [1.82, 2.24) is 0 Å². The number of halogens is 3. The maximum absolute atomic E-state index is 12.5.